The molecule has 0 amide bonds. The lowest BCUT2D eigenvalue weighted by molar-refractivity contribution is 0.316. The number of benzene rings is 1. The fourth-order valence-electron chi connectivity index (χ4n) is 2.56. The summed E-state index contributed by atoms with van der Waals surface area (Å²) < 4.78 is 31.9. The number of nitrogens with zero attached hydrogens (tertiary/aromatic N) is 1. The van der Waals surface area contributed by atoms with Crippen LogP contribution in [0.1, 0.15) is 31.7 Å². The van der Waals surface area contributed by atoms with Gasteiger partial charge in [-0.1, -0.05) is 18.6 Å². The molecule has 0 radical (unpaired) electrons. The topological polar surface area (TPSA) is 91.8 Å². The van der Waals surface area contributed by atoms with Gasteiger partial charge in [0.1, 0.15) is 5.75 Å². The molecule has 146 valence electrons. The van der Waals surface area contributed by atoms with Crippen molar-refractivity contribution in [2.45, 2.75) is 32.7 Å². The molecule has 1 aromatic carbocycles. The molecule has 0 bridgehead atoms. The number of hydrogen-bond donors (Lipinski definition) is 3. The largest absolute Gasteiger partial charge is 0.497 e. The maximum Gasteiger partial charge on any atom is 0.213 e. The van der Waals surface area contributed by atoms with E-state index in [9.17, 15) is 8.42 Å². The van der Waals surface area contributed by atoms with Crippen LogP contribution in [0.2, 0.25) is 0 Å². The van der Waals surface area contributed by atoms with E-state index in [1.807, 2.05) is 31.2 Å². The van der Waals surface area contributed by atoms with Crippen LogP contribution < -0.4 is 20.1 Å². The molecule has 0 unspecified atom stereocenters. The second-order valence-corrected chi connectivity index (χ2v) is 8.36. The second kappa shape index (κ2) is 10.4. The lowest BCUT2D eigenvalue weighted by Crippen LogP contribution is -2.42. The maximum absolute atomic E-state index is 12.0. The van der Waals surface area contributed by atoms with Crippen molar-refractivity contribution in [3.63, 3.8) is 0 Å². The summed E-state index contributed by atoms with van der Waals surface area (Å²) in [6.07, 6.45) is 3.47. The van der Waals surface area contributed by atoms with Gasteiger partial charge in [0.2, 0.25) is 10.0 Å². The molecule has 0 aromatic heterocycles. The van der Waals surface area contributed by atoms with Crippen LogP contribution in [0.4, 0.5) is 0 Å². The zero-order chi connectivity index (χ0) is 18.8. The van der Waals surface area contributed by atoms with Crippen LogP contribution in [0.5, 0.6) is 5.75 Å². The normalized spacial score (nSPS) is 15.4. The predicted octanol–water partition coefficient (Wildman–Crippen LogP) is 1.47. The van der Waals surface area contributed by atoms with Crippen LogP contribution in [-0.4, -0.2) is 46.9 Å². The van der Waals surface area contributed by atoms with Gasteiger partial charge in [-0.3, -0.25) is 0 Å². The first-order valence-corrected chi connectivity index (χ1v) is 10.8. The van der Waals surface area contributed by atoms with Crippen molar-refractivity contribution in [2.24, 2.45) is 10.9 Å². The van der Waals surface area contributed by atoms with Crippen molar-refractivity contribution >= 4 is 16.0 Å². The first-order chi connectivity index (χ1) is 12.5. The molecule has 8 heteroatoms. The summed E-state index contributed by atoms with van der Waals surface area (Å²) in [4.78, 5) is 4.49. The smallest absolute Gasteiger partial charge is 0.213 e. The average molecular weight is 383 g/mol. The van der Waals surface area contributed by atoms with Crippen molar-refractivity contribution in [3.05, 3.63) is 29.8 Å². The number of sulfonamides is 1. The molecule has 0 spiro atoms. The van der Waals surface area contributed by atoms with Crippen molar-refractivity contribution in [1.29, 1.82) is 0 Å². The Kier molecular flexibility index (Phi) is 8.18. The van der Waals surface area contributed by atoms with E-state index in [2.05, 4.69) is 20.3 Å². The van der Waals surface area contributed by atoms with Crippen LogP contribution in [-0.2, 0) is 16.6 Å². The molecular weight excluding hydrogens is 352 g/mol. The van der Waals surface area contributed by atoms with E-state index in [1.54, 1.807) is 7.11 Å². The third-order valence-corrected chi connectivity index (χ3v) is 5.75. The molecule has 1 aliphatic rings. The molecule has 7 nitrogen and oxygen atoms in total. The van der Waals surface area contributed by atoms with Gasteiger partial charge in [-0.05, 0) is 43.4 Å². The molecule has 1 aromatic rings. The summed E-state index contributed by atoms with van der Waals surface area (Å²) in [5.74, 6) is 1.97. The maximum atomic E-state index is 12.0. The highest BCUT2D eigenvalue weighted by atomic mass is 32.2. The first-order valence-electron chi connectivity index (χ1n) is 9.15. The fourth-order valence-corrected chi connectivity index (χ4v) is 3.57. The molecule has 1 saturated carbocycles. The lowest BCUT2D eigenvalue weighted by atomic mass is 9.86. The van der Waals surface area contributed by atoms with Crippen molar-refractivity contribution in [1.82, 2.24) is 15.4 Å². The van der Waals surface area contributed by atoms with Gasteiger partial charge in [0.05, 0.1) is 19.4 Å². The molecule has 0 saturated heterocycles. The monoisotopic (exact) mass is 382 g/mol. The van der Waals surface area contributed by atoms with Gasteiger partial charge in [0.15, 0.2) is 5.96 Å². The molecule has 26 heavy (non-hydrogen) atoms. The van der Waals surface area contributed by atoms with E-state index in [4.69, 9.17) is 4.74 Å². The van der Waals surface area contributed by atoms with Gasteiger partial charge in [0, 0.05) is 19.6 Å². The quantitative estimate of drug-likeness (QED) is 0.421. The van der Waals surface area contributed by atoms with E-state index < -0.39 is 10.0 Å². The Bertz CT molecular complexity index is 670. The zero-order valence-corrected chi connectivity index (χ0v) is 16.4. The van der Waals surface area contributed by atoms with Gasteiger partial charge >= 0.3 is 0 Å². The van der Waals surface area contributed by atoms with E-state index in [0.717, 1.165) is 24.2 Å². The summed E-state index contributed by atoms with van der Waals surface area (Å²) in [7, 11) is -1.61. The molecule has 0 aliphatic heterocycles. The molecule has 1 fully saturated rings. The number of hydrogen-bond acceptors (Lipinski definition) is 4. The standard InChI is InChI=1S/C18H30N4O3S/c1-3-19-18(21-13-16-7-9-17(25-2)10-8-16)20-11-12-26(23,24)22-14-15-5-4-6-15/h7-10,15,22H,3-6,11-14H2,1-2H3,(H2,19,20,21). The number of nitrogens with one attached hydrogen (secondary N) is 3. The SMILES string of the molecule is CCNC(=NCc1ccc(OC)cc1)NCCS(=O)(=O)NCC1CCC1. The lowest BCUT2D eigenvalue weighted by Gasteiger charge is -2.25. The summed E-state index contributed by atoms with van der Waals surface area (Å²) in [5, 5.41) is 6.21. The Labute approximate surface area is 156 Å². The van der Waals surface area contributed by atoms with Crippen LogP contribution >= 0.6 is 0 Å². The molecule has 0 heterocycles. The summed E-state index contributed by atoms with van der Waals surface area (Å²) in [6, 6.07) is 7.71. The van der Waals surface area contributed by atoms with Crippen LogP contribution in [0.15, 0.2) is 29.3 Å². The number of rotatable bonds is 10. The molecule has 3 N–H and O–H groups in total. The molecule has 1 aliphatic carbocycles. The minimum Gasteiger partial charge on any atom is -0.497 e. The third-order valence-electron chi connectivity index (χ3n) is 4.40. The predicted molar refractivity (Wildman–Crippen MR) is 105 cm³/mol. The van der Waals surface area contributed by atoms with Crippen molar-refractivity contribution in [3.8, 4) is 5.75 Å². The molecule has 0 atom stereocenters. The number of ether oxygens (including phenoxy) is 1. The zero-order valence-electron chi connectivity index (χ0n) is 15.6. The van der Waals surface area contributed by atoms with Crippen LogP contribution in [0, 0.1) is 5.92 Å². The van der Waals surface area contributed by atoms with Gasteiger partial charge in [-0.2, -0.15) is 0 Å². The van der Waals surface area contributed by atoms with Gasteiger partial charge < -0.3 is 15.4 Å². The summed E-state index contributed by atoms with van der Waals surface area (Å²) in [5.41, 5.74) is 1.05. The number of guanidine groups is 1. The second-order valence-electron chi connectivity index (χ2n) is 6.43. The Morgan fingerprint density at radius 1 is 1.23 bits per heavy atom. The Morgan fingerprint density at radius 3 is 2.54 bits per heavy atom. The Hall–Kier alpha value is -1.80. The van der Waals surface area contributed by atoms with E-state index in [-0.39, 0.29) is 5.75 Å². The highest BCUT2D eigenvalue weighted by Gasteiger charge is 2.20. The molecule has 2 rings (SSSR count). The Balaban J connectivity index is 1.78. The van der Waals surface area contributed by atoms with Crippen molar-refractivity contribution < 1.29 is 13.2 Å². The van der Waals surface area contributed by atoms with E-state index in [0.29, 0.717) is 38.1 Å². The highest BCUT2D eigenvalue weighted by Crippen LogP contribution is 2.25. The molecular formula is C18H30N4O3S. The Morgan fingerprint density at radius 2 is 1.96 bits per heavy atom. The first kappa shape index (κ1) is 20.5. The van der Waals surface area contributed by atoms with Crippen molar-refractivity contribution in [2.75, 3.05) is 32.5 Å². The third kappa shape index (κ3) is 7.21. The van der Waals surface area contributed by atoms with Crippen LogP contribution in [0.3, 0.4) is 0 Å². The van der Waals surface area contributed by atoms with Crippen LogP contribution in [0.25, 0.3) is 0 Å². The fraction of sp³-hybridized carbons (Fsp3) is 0.611. The summed E-state index contributed by atoms with van der Waals surface area (Å²) >= 11 is 0. The number of methoxy groups -OCH3 is 1. The minimum atomic E-state index is -3.25. The van der Waals surface area contributed by atoms with Gasteiger partial charge in [0.25, 0.3) is 0 Å². The number of aliphatic imine (C=N–C) groups is 1. The van der Waals surface area contributed by atoms with Gasteiger partial charge in [-0.15, -0.1) is 0 Å². The minimum absolute atomic E-state index is 0.0344. The van der Waals surface area contributed by atoms with Gasteiger partial charge in [-0.25, -0.2) is 18.1 Å². The van der Waals surface area contributed by atoms with E-state index >= 15 is 0 Å². The average Bonchev–Trinajstić information content (AvgIpc) is 2.58. The van der Waals surface area contributed by atoms with E-state index in [1.165, 1.54) is 6.42 Å². The highest BCUT2D eigenvalue weighted by molar-refractivity contribution is 7.89. The summed E-state index contributed by atoms with van der Waals surface area (Å²) in [6.45, 7) is 4.07.